The van der Waals surface area contributed by atoms with Crippen molar-refractivity contribution in [1.29, 1.82) is 0 Å². The Morgan fingerprint density at radius 2 is 2.45 bits per heavy atom. The minimum Gasteiger partial charge on any atom is -0.463 e. The van der Waals surface area contributed by atoms with Gasteiger partial charge in [-0.15, -0.1) is 0 Å². The second-order valence-corrected chi connectivity index (χ2v) is 2.46. The Balaban J connectivity index is 3.07. The van der Waals surface area contributed by atoms with Gasteiger partial charge in [0.15, 0.2) is 0 Å². The lowest BCUT2D eigenvalue weighted by molar-refractivity contribution is 0.108. The Bertz CT molecular complexity index is 277. The Kier molecular flexibility index (Phi) is 2.31. The molecule has 0 bridgehead atoms. The molecule has 0 radical (unpaired) electrons. The average molecular weight is 175 g/mol. The number of carbonyl (C=O) groups excluding carboxylic acids is 1. The molecule has 0 aromatic carbocycles. The summed E-state index contributed by atoms with van der Waals surface area (Å²) in [5, 5.41) is 8.05. The smallest absolute Gasteiger partial charge is 0.255 e. The van der Waals surface area contributed by atoms with Crippen molar-refractivity contribution in [2.24, 2.45) is 0 Å². The average Bonchev–Trinajstić information content (AvgIpc) is 2.30. The fourth-order valence-electron chi connectivity index (χ4n) is 0.817. The topological polar surface area (TPSA) is 50.4 Å². The molecule has 4 heteroatoms. The zero-order chi connectivity index (χ0) is 8.43. The number of furan rings is 1. The van der Waals surface area contributed by atoms with Crippen LogP contribution in [-0.2, 0) is 6.61 Å². The van der Waals surface area contributed by atoms with E-state index in [1.165, 1.54) is 6.07 Å². The summed E-state index contributed by atoms with van der Waals surface area (Å²) in [6.45, 7) is 1.40. The van der Waals surface area contributed by atoms with Crippen LogP contribution in [0.25, 0.3) is 0 Å². The van der Waals surface area contributed by atoms with Crippen LogP contribution in [0.5, 0.6) is 0 Å². The third-order valence-electron chi connectivity index (χ3n) is 1.34. The Hall–Kier alpha value is -0.800. The van der Waals surface area contributed by atoms with Gasteiger partial charge in [-0.3, -0.25) is 4.79 Å². The molecule has 11 heavy (non-hydrogen) atoms. The van der Waals surface area contributed by atoms with Gasteiger partial charge in [-0.1, -0.05) is 0 Å². The lowest BCUT2D eigenvalue weighted by atomic mass is 10.3. The SMILES string of the molecule is Cc1oc(CO)cc1C(=O)Cl. The van der Waals surface area contributed by atoms with E-state index in [9.17, 15) is 4.79 Å². The highest BCUT2D eigenvalue weighted by molar-refractivity contribution is 6.67. The Morgan fingerprint density at radius 1 is 1.82 bits per heavy atom. The molecule has 0 aliphatic rings. The van der Waals surface area contributed by atoms with Gasteiger partial charge in [0.2, 0.25) is 0 Å². The zero-order valence-corrected chi connectivity index (χ0v) is 6.68. The molecule has 0 amide bonds. The molecule has 0 saturated heterocycles. The summed E-state index contributed by atoms with van der Waals surface area (Å²) in [6, 6.07) is 1.44. The first-order valence-electron chi connectivity index (χ1n) is 3.05. The van der Waals surface area contributed by atoms with E-state index in [2.05, 4.69) is 0 Å². The Morgan fingerprint density at radius 3 is 2.73 bits per heavy atom. The highest BCUT2D eigenvalue weighted by Gasteiger charge is 2.11. The summed E-state index contributed by atoms with van der Waals surface area (Å²) in [5.41, 5.74) is 0.315. The predicted molar refractivity (Wildman–Crippen MR) is 39.6 cm³/mol. The van der Waals surface area contributed by atoms with E-state index in [0.717, 1.165) is 0 Å². The monoisotopic (exact) mass is 174 g/mol. The van der Waals surface area contributed by atoms with Gasteiger partial charge in [0, 0.05) is 0 Å². The molecular formula is C7H7ClO3. The number of hydrogen-bond acceptors (Lipinski definition) is 3. The summed E-state index contributed by atoms with van der Waals surface area (Å²) < 4.78 is 4.97. The highest BCUT2D eigenvalue weighted by atomic mass is 35.5. The summed E-state index contributed by atoms with van der Waals surface area (Å²) >= 11 is 5.20. The minimum absolute atomic E-state index is 0.217. The van der Waals surface area contributed by atoms with Crippen molar-refractivity contribution in [3.63, 3.8) is 0 Å². The van der Waals surface area contributed by atoms with Crippen molar-refractivity contribution in [1.82, 2.24) is 0 Å². The lowest BCUT2D eigenvalue weighted by Crippen LogP contribution is -1.86. The highest BCUT2D eigenvalue weighted by Crippen LogP contribution is 2.16. The number of rotatable bonds is 2. The third-order valence-corrected chi connectivity index (χ3v) is 1.54. The molecule has 1 aromatic heterocycles. The van der Waals surface area contributed by atoms with Gasteiger partial charge in [0.25, 0.3) is 5.24 Å². The van der Waals surface area contributed by atoms with E-state index in [1.807, 2.05) is 0 Å². The quantitative estimate of drug-likeness (QED) is 0.691. The maximum Gasteiger partial charge on any atom is 0.255 e. The molecule has 0 saturated carbocycles. The van der Waals surface area contributed by atoms with Crippen molar-refractivity contribution in [3.05, 3.63) is 23.2 Å². The molecule has 60 valence electrons. The standard InChI is InChI=1S/C7H7ClO3/c1-4-6(7(8)10)2-5(3-9)11-4/h2,9H,3H2,1H3. The van der Waals surface area contributed by atoms with Crippen LogP contribution in [0.1, 0.15) is 21.9 Å². The van der Waals surface area contributed by atoms with E-state index < -0.39 is 5.24 Å². The van der Waals surface area contributed by atoms with Gasteiger partial charge in [-0.25, -0.2) is 0 Å². The van der Waals surface area contributed by atoms with Gasteiger partial charge < -0.3 is 9.52 Å². The molecule has 1 aromatic rings. The second kappa shape index (κ2) is 3.07. The van der Waals surface area contributed by atoms with E-state index in [1.54, 1.807) is 6.92 Å². The van der Waals surface area contributed by atoms with Gasteiger partial charge in [0.1, 0.15) is 18.1 Å². The van der Waals surface area contributed by atoms with Crippen molar-refractivity contribution in [2.45, 2.75) is 13.5 Å². The van der Waals surface area contributed by atoms with Gasteiger partial charge in [-0.2, -0.15) is 0 Å². The molecule has 0 unspecified atom stereocenters. The molecule has 0 fully saturated rings. The summed E-state index contributed by atoms with van der Waals surface area (Å²) in [6.07, 6.45) is 0. The van der Waals surface area contributed by atoms with Crippen molar-refractivity contribution in [2.75, 3.05) is 0 Å². The fraction of sp³-hybridized carbons (Fsp3) is 0.286. The number of hydrogen-bond donors (Lipinski definition) is 1. The molecule has 0 aliphatic heterocycles. The van der Waals surface area contributed by atoms with Crippen LogP contribution in [0.3, 0.4) is 0 Å². The number of aliphatic hydroxyl groups excluding tert-OH is 1. The summed E-state index contributed by atoms with van der Waals surface area (Å²) in [5.74, 6) is 0.792. The van der Waals surface area contributed by atoms with Gasteiger partial charge in [0.05, 0.1) is 5.56 Å². The first-order valence-corrected chi connectivity index (χ1v) is 3.43. The van der Waals surface area contributed by atoms with Crippen LogP contribution in [0.2, 0.25) is 0 Å². The van der Waals surface area contributed by atoms with Crippen LogP contribution >= 0.6 is 11.6 Å². The van der Waals surface area contributed by atoms with E-state index in [0.29, 0.717) is 17.1 Å². The van der Waals surface area contributed by atoms with Crippen molar-refractivity contribution in [3.8, 4) is 0 Å². The number of aliphatic hydroxyl groups is 1. The largest absolute Gasteiger partial charge is 0.463 e. The van der Waals surface area contributed by atoms with Crippen LogP contribution in [0, 0.1) is 6.92 Å². The number of halogens is 1. The summed E-state index contributed by atoms with van der Waals surface area (Å²) in [4.78, 5) is 10.6. The molecule has 1 N–H and O–H groups in total. The first kappa shape index (κ1) is 8.30. The zero-order valence-electron chi connectivity index (χ0n) is 5.93. The molecule has 0 atom stereocenters. The Labute approximate surface area is 68.6 Å². The summed E-state index contributed by atoms with van der Waals surface area (Å²) in [7, 11) is 0. The minimum atomic E-state index is -0.564. The fourth-order valence-corrected chi connectivity index (χ4v) is 1.00. The molecule has 1 rings (SSSR count). The maximum absolute atomic E-state index is 10.6. The maximum atomic E-state index is 10.6. The molecule has 3 nitrogen and oxygen atoms in total. The number of aryl methyl sites for hydroxylation is 1. The first-order chi connectivity index (χ1) is 5.15. The van der Waals surface area contributed by atoms with Gasteiger partial charge in [-0.05, 0) is 24.6 Å². The van der Waals surface area contributed by atoms with Crippen LogP contribution in [-0.4, -0.2) is 10.3 Å². The lowest BCUT2D eigenvalue weighted by Gasteiger charge is -1.85. The molecule has 1 heterocycles. The predicted octanol–water partition coefficient (Wildman–Crippen LogP) is 1.46. The third kappa shape index (κ3) is 1.61. The normalized spacial score (nSPS) is 10.1. The van der Waals surface area contributed by atoms with Crippen molar-refractivity contribution >= 4 is 16.8 Å². The van der Waals surface area contributed by atoms with Crippen LogP contribution in [0.15, 0.2) is 10.5 Å². The van der Waals surface area contributed by atoms with Gasteiger partial charge >= 0.3 is 0 Å². The number of carbonyl (C=O) groups is 1. The molecule has 0 spiro atoms. The van der Waals surface area contributed by atoms with E-state index >= 15 is 0 Å². The van der Waals surface area contributed by atoms with E-state index in [-0.39, 0.29) is 6.61 Å². The molecule has 0 aliphatic carbocycles. The van der Waals surface area contributed by atoms with Crippen LogP contribution in [0.4, 0.5) is 0 Å². The van der Waals surface area contributed by atoms with Crippen LogP contribution < -0.4 is 0 Å². The van der Waals surface area contributed by atoms with Crippen molar-refractivity contribution < 1.29 is 14.3 Å². The second-order valence-electron chi connectivity index (χ2n) is 2.11. The van der Waals surface area contributed by atoms with E-state index in [4.69, 9.17) is 21.1 Å². The molecular weight excluding hydrogens is 168 g/mol.